The first-order valence-electron chi connectivity index (χ1n) is 9.93. The third-order valence-corrected chi connectivity index (χ3v) is 5.77. The van der Waals surface area contributed by atoms with Gasteiger partial charge in [-0.15, -0.1) is 0 Å². The fourth-order valence-corrected chi connectivity index (χ4v) is 4.54. The first kappa shape index (κ1) is 20.2. The average molecular weight is 354 g/mol. The molecule has 0 aromatic heterocycles. The second-order valence-electron chi connectivity index (χ2n) is 7.69. The maximum absolute atomic E-state index is 10.5. The van der Waals surface area contributed by atoms with E-state index in [2.05, 4.69) is 6.92 Å². The lowest BCUT2D eigenvalue weighted by molar-refractivity contribution is -0.137. The SMILES string of the molecule is CCCCCC/C=C(/O)[C@H]1[C@@H]2C[C@@H](OCCCC(=O)O)C[C@@H]2C[C@@H]1O. The van der Waals surface area contributed by atoms with Crippen LogP contribution in [0.3, 0.4) is 0 Å². The summed E-state index contributed by atoms with van der Waals surface area (Å²) >= 11 is 0. The zero-order valence-corrected chi connectivity index (χ0v) is 15.4. The number of carboxylic acid groups (broad SMARTS) is 1. The predicted molar refractivity (Wildman–Crippen MR) is 96.4 cm³/mol. The van der Waals surface area contributed by atoms with Gasteiger partial charge in [0.2, 0.25) is 0 Å². The third kappa shape index (κ3) is 6.00. The second-order valence-corrected chi connectivity index (χ2v) is 7.69. The highest BCUT2D eigenvalue weighted by molar-refractivity contribution is 5.66. The van der Waals surface area contributed by atoms with E-state index in [9.17, 15) is 15.0 Å². The van der Waals surface area contributed by atoms with Gasteiger partial charge in [0.15, 0.2) is 0 Å². The topological polar surface area (TPSA) is 87.0 Å². The minimum Gasteiger partial charge on any atom is -0.512 e. The van der Waals surface area contributed by atoms with Crippen LogP contribution in [0.2, 0.25) is 0 Å². The van der Waals surface area contributed by atoms with Gasteiger partial charge < -0.3 is 20.1 Å². The summed E-state index contributed by atoms with van der Waals surface area (Å²) in [6, 6.07) is 0. The molecule has 5 heteroatoms. The molecule has 0 unspecified atom stereocenters. The number of hydrogen-bond acceptors (Lipinski definition) is 4. The molecule has 0 bridgehead atoms. The van der Waals surface area contributed by atoms with Gasteiger partial charge in [-0.1, -0.05) is 26.2 Å². The monoisotopic (exact) mass is 354 g/mol. The predicted octanol–water partition coefficient (Wildman–Crippen LogP) is 4.06. The lowest BCUT2D eigenvalue weighted by Crippen LogP contribution is -2.23. The molecule has 0 saturated heterocycles. The molecule has 3 N–H and O–H groups in total. The number of fused-ring (bicyclic) bond motifs is 1. The normalized spacial score (nSPS) is 32.1. The number of carboxylic acids is 1. The van der Waals surface area contributed by atoms with Crippen molar-refractivity contribution in [1.82, 2.24) is 0 Å². The smallest absolute Gasteiger partial charge is 0.303 e. The van der Waals surface area contributed by atoms with E-state index in [1.807, 2.05) is 6.08 Å². The summed E-state index contributed by atoms with van der Waals surface area (Å²) < 4.78 is 5.83. The molecule has 2 rings (SSSR count). The number of hydrogen-bond donors (Lipinski definition) is 3. The Kier molecular flexibility index (Phi) is 8.24. The molecule has 2 aliphatic rings. The van der Waals surface area contributed by atoms with Crippen LogP contribution in [0.4, 0.5) is 0 Å². The Morgan fingerprint density at radius 1 is 1.12 bits per heavy atom. The summed E-state index contributed by atoms with van der Waals surface area (Å²) in [6.45, 7) is 2.66. The highest BCUT2D eigenvalue weighted by Crippen LogP contribution is 2.50. The fourth-order valence-electron chi connectivity index (χ4n) is 4.54. The van der Waals surface area contributed by atoms with Crippen molar-refractivity contribution in [2.45, 2.75) is 83.3 Å². The van der Waals surface area contributed by atoms with Gasteiger partial charge in [0.25, 0.3) is 0 Å². The van der Waals surface area contributed by atoms with Gasteiger partial charge in [-0.3, -0.25) is 4.79 Å². The summed E-state index contributed by atoms with van der Waals surface area (Å²) in [5.74, 6) is 0.113. The minimum absolute atomic E-state index is 0.135. The van der Waals surface area contributed by atoms with Gasteiger partial charge in [0.1, 0.15) is 0 Å². The minimum atomic E-state index is -0.788. The van der Waals surface area contributed by atoms with E-state index in [0.29, 0.717) is 24.7 Å². The number of aliphatic hydroxyl groups is 2. The van der Waals surface area contributed by atoms with Crippen molar-refractivity contribution >= 4 is 5.97 Å². The summed E-state index contributed by atoms with van der Waals surface area (Å²) in [7, 11) is 0. The molecule has 0 aliphatic heterocycles. The highest BCUT2D eigenvalue weighted by atomic mass is 16.5. The number of ether oxygens (including phenoxy) is 1. The van der Waals surface area contributed by atoms with Crippen LogP contribution in [-0.4, -0.2) is 40.1 Å². The quantitative estimate of drug-likeness (QED) is 0.385. The van der Waals surface area contributed by atoms with E-state index in [-0.39, 0.29) is 24.4 Å². The Morgan fingerprint density at radius 2 is 1.92 bits per heavy atom. The third-order valence-electron chi connectivity index (χ3n) is 5.77. The van der Waals surface area contributed by atoms with E-state index in [4.69, 9.17) is 9.84 Å². The number of aliphatic carboxylic acids is 1. The van der Waals surface area contributed by atoms with Gasteiger partial charge in [-0.2, -0.15) is 0 Å². The van der Waals surface area contributed by atoms with Crippen LogP contribution in [0.25, 0.3) is 0 Å². The van der Waals surface area contributed by atoms with Crippen molar-refractivity contribution in [3.8, 4) is 0 Å². The highest BCUT2D eigenvalue weighted by Gasteiger charge is 2.49. The van der Waals surface area contributed by atoms with Crippen LogP contribution < -0.4 is 0 Å². The Bertz CT molecular complexity index is 447. The maximum atomic E-state index is 10.5. The Morgan fingerprint density at radius 3 is 2.64 bits per heavy atom. The van der Waals surface area contributed by atoms with Crippen LogP contribution in [0.1, 0.15) is 71.1 Å². The molecule has 0 amide bonds. The zero-order valence-electron chi connectivity index (χ0n) is 15.4. The van der Waals surface area contributed by atoms with Crippen LogP contribution in [0.5, 0.6) is 0 Å². The van der Waals surface area contributed by atoms with Gasteiger partial charge in [-0.25, -0.2) is 0 Å². The molecular formula is C20H34O5. The van der Waals surface area contributed by atoms with E-state index >= 15 is 0 Å². The molecule has 0 radical (unpaired) electrons. The number of unbranched alkanes of at least 4 members (excludes halogenated alkanes) is 4. The molecule has 0 aromatic rings. The van der Waals surface area contributed by atoms with Crippen LogP contribution >= 0.6 is 0 Å². The Hall–Kier alpha value is -1.07. The van der Waals surface area contributed by atoms with Crippen molar-refractivity contribution in [3.05, 3.63) is 11.8 Å². The molecule has 5 atom stereocenters. The molecule has 2 aliphatic carbocycles. The van der Waals surface area contributed by atoms with Crippen LogP contribution in [-0.2, 0) is 9.53 Å². The van der Waals surface area contributed by atoms with E-state index in [1.54, 1.807) is 0 Å². The van der Waals surface area contributed by atoms with Crippen molar-refractivity contribution in [2.75, 3.05) is 6.61 Å². The summed E-state index contributed by atoms with van der Waals surface area (Å²) in [5, 5.41) is 29.5. The van der Waals surface area contributed by atoms with Gasteiger partial charge in [-0.05, 0) is 56.4 Å². The van der Waals surface area contributed by atoms with Crippen molar-refractivity contribution in [3.63, 3.8) is 0 Å². The van der Waals surface area contributed by atoms with Crippen molar-refractivity contribution in [1.29, 1.82) is 0 Å². The molecule has 0 heterocycles. The summed E-state index contributed by atoms with van der Waals surface area (Å²) in [4.78, 5) is 10.5. The second kappa shape index (κ2) is 10.2. The number of allylic oxidation sites excluding steroid dienone is 1. The molecular weight excluding hydrogens is 320 g/mol. The van der Waals surface area contributed by atoms with Gasteiger partial charge in [0, 0.05) is 18.9 Å². The molecule has 0 aromatic carbocycles. The van der Waals surface area contributed by atoms with Gasteiger partial charge in [0.05, 0.1) is 18.0 Å². The molecule has 2 fully saturated rings. The molecule has 0 spiro atoms. The first-order valence-corrected chi connectivity index (χ1v) is 9.93. The molecule has 5 nitrogen and oxygen atoms in total. The first-order chi connectivity index (χ1) is 12.0. The van der Waals surface area contributed by atoms with Crippen molar-refractivity contribution < 1.29 is 24.9 Å². The Balaban J connectivity index is 1.78. The van der Waals surface area contributed by atoms with E-state index < -0.39 is 12.1 Å². The number of rotatable bonds is 11. The maximum Gasteiger partial charge on any atom is 0.303 e. The zero-order chi connectivity index (χ0) is 18.2. The number of aliphatic hydroxyl groups excluding tert-OH is 2. The Labute approximate surface area is 151 Å². The largest absolute Gasteiger partial charge is 0.512 e. The van der Waals surface area contributed by atoms with Crippen LogP contribution in [0.15, 0.2) is 11.8 Å². The summed E-state index contributed by atoms with van der Waals surface area (Å²) in [6.07, 6.45) is 10.4. The number of carbonyl (C=O) groups is 1. The lowest BCUT2D eigenvalue weighted by Gasteiger charge is -2.21. The standard InChI is InChI=1S/C20H34O5/c1-2-3-4-5-6-8-17(21)20-16-13-15(11-14(16)12-18(20)22)25-10-7-9-19(23)24/h8,14-16,18,20-22H,2-7,9-13H2,1H3,(H,23,24)/b17-8+/t14-,15+,16-,18+,20-/m1/s1. The van der Waals surface area contributed by atoms with Gasteiger partial charge >= 0.3 is 5.97 Å². The van der Waals surface area contributed by atoms with E-state index in [1.165, 1.54) is 19.3 Å². The average Bonchev–Trinajstić information content (AvgIpc) is 3.06. The fraction of sp³-hybridized carbons (Fsp3) is 0.850. The molecule has 144 valence electrons. The molecule has 25 heavy (non-hydrogen) atoms. The van der Waals surface area contributed by atoms with E-state index in [0.717, 1.165) is 32.1 Å². The molecule has 2 saturated carbocycles. The summed E-state index contributed by atoms with van der Waals surface area (Å²) in [5.41, 5.74) is 0. The van der Waals surface area contributed by atoms with Crippen LogP contribution in [0, 0.1) is 17.8 Å². The lowest BCUT2D eigenvalue weighted by atomic mass is 9.89. The van der Waals surface area contributed by atoms with Crippen molar-refractivity contribution in [2.24, 2.45) is 17.8 Å².